The SMILES string of the molecule is Cc1c(CC(=O)N[C@H](C)c2ccc(C#N)nn2)c(=O)[nH]c2ccc(F)c(C3CC3)c12.[HH].[HH]. The molecule has 1 amide bonds. The van der Waals surface area contributed by atoms with Gasteiger partial charge in [0.05, 0.1) is 18.2 Å². The van der Waals surface area contributed by atoms with E-state index in [0.717, 1.165) is 12.8 Å². The van der Waals surface area contributed by atoms with Gasteiger partial charge < -0.3 is 10.3 Å². The van der Waals surface area contributed by atoms with Gasteiger partial charge in [-0.2, -0.15) is 10.4 Å². The Balaban J connectivity index is 0.00000181. The van der Waals surface area contributed by atoms with E-state index in [9.17, 15) is 14.0 Å². The van der Waals surface area contributed by atoms with E-state index in [1.165, 1.54) is 12.1 Å². The van der Waals surface area contributed by atoms with Crippen LogP contribution in [0.2, 0.25) is 0 Å². The Morgan fingerprint density at radius 3 is 2.77 bits per heavy atom. The van der Waals surface area contributed by atoms with Gasteiger partial charge in [-0.1, -0.05) is 0 Å². The molecule has 7 nitrogen and oxygen atoms in total. The largest absolute Gasteiger partial charge is 0.348 e. The zero-order valence-electron chi connectivity index (χ0n) is 16.6. The lowest BCUT2D eigenvalue weighted by Crippen LogP contribution is -2.31. The molecule has 0 saturated heterocycles. The zero-order chi connectivity index (χ0) is 21.4. The number of rotatable bonds is 5. The first-order valence-electron chi connectivity index (χ1n) is 9.76. The number of nitrogens with one attached hydrogen (secondary N) is 2. The number of aryl methyl sites for hydroxylation is 1. The standard InChI is InChI=1S/C22H20FN5O2.2H2/c1-11-15(9-19(29)25-12(2)17-7-5-14(10-24)27-28-17)22(30)26-18-8-6-16(23)21(20(11)18)13-3-4-13;;/h5-8,12-13H,3-4,9H2,1-2H3,(H,25,29)(H,26,30);2*1H/t12-;;/m1../s1. The van der Waals surface area contributed by atoms with Gasteiger partial charge in [-0.15, -0.1) is 5.10 Å². The van der Waals surface area contributed by atoms with Gasteiger partial charge in [-0.05, 0) is 62.4 Å². The first-order valence-corrected chi connectivity index (χ1v) is 9.76. The first kappa shape index (κ1) is 19.7. The third-order valence-corrected chi connectivity index (χ3v) is 5.49. The molecule has 156 valence electrons. The summed E-state index contributed by atoms with van der Waals surface area (Å²) in [6.45, 7) is 3.51. The summed E-state index contributed by atoms with van der Waals surface area (Å²) in [7, 11) is 0. The van der Waals surface area contributed by atoms with Gasteiger partial charge in [0.15, 0.2) is 5.69 Å². The van der Waals surface area contributed by atoms with E-state index in [-0.39, 0.29) is 38.2 Å². The minimum absolute atomic E-state index is 0. The van der Waals surface area contributed by atoms with Gasteiger partial charge in [0, 0.05) is 24.9 Å². The molecular formula is C22H24FN5O2. The number of nitrogens with zero attached hydrogens (tertiary/aromatic N) is 3. The molecule has 8 heteroatoms. The van der Waals surface area contributed by atoms with Crippen LogP contribution >= 0.6 is 0 Å². The average molecular weight is 409 g/mol. The predicted molar refractivity (Wildman–Crippen MR) is 112 cm³/mol. The molecule has 2 aromatic heterocycles. The van der Waals surface area contributed by atoms with Crippen LogP contribution in [0.5, 0.6) is 0 Å². The molecule has 0 radical (unpaired) electrons. The fraction of sp³-hybridized carbons (Fsp3) is 0.318. The Morgan fingerprint density at radius 2 is 2.13 bits per heavy atom. The number of aromatic nitrogens is 3. The summed E-state index contributed by atoms with van der Waals surface area (Å²) < 4.78 is 14.5. The third kappa shape index (κ3) is 3.66. The summed E-state index contributed by atoms with van der Waals surface area (Å²) >= 11 is 0. The number of nitriles is 1. The van der Waals surface area contributed by atoms with Crippen LogP contribution in [0.4, 0.5) is 4.39 Å². The Hall–Kier alpha value is -3.60. The van der Waals surface area contributed by atoms with Crippen LogP contribution in [0.15, 0.2) is 29.1 Å². The maximum Gasteiger partial charge on any atom is 0.252 e. The van der Waals surface area contributed by atoms with Crippen LogP contribution < -0.4 is 10.9 Å². The van der Waals surface area contributed by atoms with Gasteiger partial charge >= 0.3 is 0 Å². The van der Waals surface area contributed by atoms with Crippen molar-refractivity contribution < 1.29 is 12.0 Å². The number of pyridine rings is 1. The summed E-state index contributed by atoms with van der Waals surface area (Å²) in [5.74, 6) is -0.468. The summed E-state index contributed by atoms with van der Waals surface area (Å²) in [5, 5.41) is 20.0. The van der Waals surface area contributed by atoms with Crippen molar-refractivity contribution in [2.24, 2.45) is 0 Å². The molecule has 1 fully saturated rings. The van der Waals surface area contributed by atoms with Gasteiger partial charge in [-0.25, -0.2) is 4.39 Å². The molecule has 0 spiro atoms. The van der Waals surface area contributed by atoms with Gasteiger partial charge in [0.1, 0.15) is 11.9 Å². The molecule has 0 aliphatic heterocycles. The molecular weight excluding hydrogens is 385 g/mol. The van der Waals surface area contributed by atoms with Crippen molar-refractivity contribution in [2.75, 3.05) is 0 Å². The second-order valence-corrected chi connectivity index (χ2v) is 7.64. The highest BCUT2D eigenvalue weighted by Gasteiger charge is 2.30. The Kier molecular flexibility index (Phi) is 5.04. The Bertz CT molecular complexity index is 1250. The van der Waals surface area contributed by atoms with E-state index in [1.807, 2.05) is 6.07 Å². The molecule has 4 rings (SSSR count). The lowest BCUT2D eigenvalue weighted by Gasteiger charge is -2.15. The number of aromatic amines is 1. The van der Waals surface area contributed by atoms with E-state index in [1.54, 1.807) is 26.0 Å². The maximum atomic E-state index is 14.5. The molecule has 1 aliphatic carbocycles. The van der Waals surface area contributed by atoms with Crippen molar-refractivity contribution >= 4 is 16.8 Å². The lowest BCUT2D eigenvalue weighted by molar-refractivity contribution is -0.121. The molecule has 1 saturated carbocycles. The minimum Gasteiger partial charge on any atom is -0.348 e. The van der Waals surface area contributed by atoms with Crippen molar-refractivity contribution in [3.8, 4) is 6.07 Å². The summed E-state index contributed by atoms with van der Waals surface area (Å²) in [4.78, 5) is 28.0. The molecule has 2 N–H and O–H groups in total. The van der Waals surface area contributed by atoms with Crippen LogP contribution in [-0.2, 0) is 11.2 Å². The molecule has 2 heterocycles. The van der Waals surface area contributed by atoms with Crippen molar-refractivity contribution in [1.82, 2.24) is 20.5 Å². The number of fused-ring (bicyclic) bond motifs is 1. The molecule has 0 bridgehead atoms. The highest BCUT2D eigenvalue weighted by molar-refractivity contribution is 5.89. The Morgan fingerprint density at radius 1 is 1.37 bits per heavy atom. The van der Waals surface area contributed by atoms with Gasteiger partial charge in [0.25, 0.3) is 5.56 Å². The fourth-order valence-corrected chi connectivity index (χ4v) is 3.77. The van der Waals surface area contributed by atoms with Crippen molar-refractivity contribution in [1.29, 1.82) is 5.26 Å². The van der Waals surface area contributed by atoms with Crippen LogP contribution in [0.3, 0.4) is 0 Å². The maximum absolute atomic E-state index is 14.5. The summed E-state index contributed by atoms with van der Waals surface area (Å²) in [6, 6.07) is 7.54. The number of carbonyl (C=O) groups is 1. The second-order valence-electron chi connectivity index (χ2n) is 7.64. The minimum atomic E-state index is -0.447. The lowest BCUT2D eigenvalue weighted by atomic mass is 9.95. The quantitative estimate of drug-likeness (QED) is 0.671. The molecule has 1 aliphatic rings. The van der Waals surface area contributed by atoms with Crippen LogP contribution in [0.1, 0.15) is 62.7 Å². The number of halogens is 1. The third-order valence-electron chi connectivity index (χ3n) is 5.49. The molecule has 3 aromatic rings. The average Bonchev–Trinajstić information content (AvgIpc) is 3.56. The smallest absolute Gasteiger partial charge is 0.252 e. The van der Waals surface area contributed by atoms with Crippen LogP contribution in [0, 0.1) is 24.1 Å². The molecule has 1 aromatic carbocycles. The number of benzene rings is 1. The Labute approximate surface area is 174 Å². The van der Waals surface area contributed by atoms with Crippen LogP contribution in [0.25, 0.3) is 10.9 Å². The van der Waals surface area contributed by atoms with Crippen molar-refractivity contribution in [3.63, 3.8) is 0 Å². The second kappa shape index (κ2) is 7.67. The monoisotopic (exact) mass is 409 g/mol. The predicted octanol–water partition coefficient (Wildman–Crippen LogP) is 3.43. The van der Waals surface area contributed by atoms with E-state index in [0.29, 0.717) is 33.3 Å². The van der Waals surface area contributed by atoms with Gasteiger partial charge in [-0.3, -0.25) is 9.59 Å². The van der Waals surface area contributed by atoms with E-state index < -0.39 is 6.04 Å². The summed E-state index contributed by atoms with van der Waals surface area (Å²) in [5.41, 5.74) is 2.52. The number of carbonyl (C=O) groups excluding carboxylic acids is 1. The zero-order valence-corrected chi connectivity index (χ0v) is 16.6. The molecule has 1 atom stereocenters. The first-order chi connectivity index (χ1) is 14.4. The van der Waals surface area contributed by atoms with Crippen molar-refractivity contribution in [2.45, 2.75) is 45.1 Å². The number of hydrogen-bond acceptors (Lipinski definition) is 5. The van der Waals surface area contributed by atoms with Crippen molar-refractivity contribution in [3.05, 3.63) is 68.5 Å². The molecule has 30 heavy (non-hydrogen) atoms. The normalized spacial score (nSPS) is 14.3. The van der Waals surface area contributed by atoms with Gasteiger partial charge in [0.2, 0.25) is 5.91 Å². The van der Waals surface area contributed by atoms with E-state index in [4.69, 9.17) is 5.26 Å². The number of H-pyrrole nitrogens is 1. The number of amides is 1. The highest BCUT2D eigenvalue weighted by Crippen LogP contribution is 2.45. The number of hydrogen-bond donors (Lipinski definition) is 2. The highest BCUT2D eigenvalue weighted by atomic mass is 19.1. The van der Waals surface area contributed by atoms with Crippen LogP contribution in [-0.4, -0.2) is 21.1 Å². The molecule has 0 unspecified atom stereocenters. The fourth-order valence-electron chi connectivity index (χ4n) is 3.77. The van der Waals surface area contributed by atoms with E-state index >= 15 is 0 Å². The topological polar surface area (TPSA) is 112 Å². The summed E-state index contributed by atoms with van der Waals surface area (Å²) in [6.07, 6.45) is 1.72. The van der Waals surface area contributed by atoms with E-state index in [2.05, 4.69) is 20.5 Å².